The summed E-state index contributed by atoms with van der Waals surface area (Å²) >= 11 is 3.14. The number of aliphatic carboxylic acids is 1. The van der Waals surface area contributed by atoms with Gasteiger partial charge in [-0.15, -0.1) is 0 Å². The maximum atomic E-state index is 10.8. The number of nitro benzene ring substituents is 1. The van der Waals surface area contributed by atoms with Crippen molar-refractivity contribution in [2.45, 2.75) is 19.3 Å². The predicted octanol–water partition coefficient (Wildman–Crippen LogP) is 2.94. The summed E-state index contributed by atoms with van der Waals surface area (Å²) < 4.78 is 0.602. The molecule has 0 saturated heterocycles. The molecule has 0 spiro atoms. The topological polar surface area (TPSA) is 80.4 Å². The molecular weight excluding hydrogens is 278 g/mol. The van der Waals surface area contributed by atoms with E-state index < -0.39 is 10.9 Å². The molecule has 6 heteroatoms. The largest absolute Gasteiger partial charge is 0.481 e. The van der Waals surface area contributed by atoms with Gasteiger partial charge in [-0.2, -0.15) is 0 Å². The fraction of sp³-hybridized carbons (Fsp3) is 0.300. The number of carboxylic acids is 1. The Morgan fingerprint density at radius 3 is 2.75 bits per heavy atom. The van der Waals surface area contributed by atoms with Crippen LogP contribution in [0.4, 0.5) is 5.69 Å². The number of hydrogen-bond donors (Lipinski definition) is 1. The normalized spacial score (nSPS) is 12.1. The van der Waals surface area contributed by atoms with Crippen LogP contribution in [0, 0.1) is 10.1 Å². The Balaban J connectivity index is 3.12. The van der Waals surface area contributed by atoms with Gasteiger partial charge in [-0.3, -0.25) is 14.9 Å². The van der Waals surface area contributed by atoms with Gasteiger partial charge in [-0.25, -0.2) is 0 Å². The van der Waals surface area contributed by atoms with Crippen molar-refractivity contribution in [2.24, 2.45) is 0 Å². The summed E-state index contributed by atoms with van der Waals surface area (Å²) in [6, 6.07) is 4.63. The average Bonchev–Trinajstić information content (AvgIpc) is 2.16. The van der Waals surface area contributed by atoms with E-state index in [1.165, 1.54) is 6.07 Å². The minimum atomic E-state index is -0.968. The molecule has 1 unspecified atom stereocenters. The number of carbonyl (C=O) groups is 1. The van der Waals surface area contributed by atoms with E-state index in [0.29, 0.717) is 10.0 Å². The molecule has 1 atom stereocenters. The second kappa shape index (κ2) is 5.07. The van der Waals surface area contributed by atoms with Gasteiger partial charge in [0.15, 0.2) is 0 Å². The van der Waals surface area contributed by atoms with Crippen LogP contribution in [0.15, 0.2) is 22.7 Å². The van der Waals surface area contributed by atoms with Crippen LogP contribution in [-0.2, 0) is 4.79 Å². The SMILES string of the molecule is CC(CC(=O)O)c1ccc(Br)cc1[N+](=O)[O-]. The van der Waals surface area contributed by atoms with Crippen LogP contribution in [0.3, 0.4) is 0 Å². The second-order valence-electron chi connectivity index (χ2n) is 3.46. The summed E-state index contributed by atoms with van der Waals surface area (Å²) in [4.78, 5) is 20.9. The molecule has 1 N–H and O–H groups in total. The first-order chi connectivity index (χ1) is 7.41. The zero-order chi connectivity index (χ0) is 12.3. The van der Waals surface area contributed by atoms with E-state index in [4.69, 9.17) is 5.11 Å². The van der Waals surface area contributed by atoms with Gasteiger partial charge in [-0.1, -0.05) is 28.9 Å². The maximum Gasteiger partial charge on any atom is 0.303 e. The van der Waals surface area contributed by atoms with Crippen molar-refractivity contribution < 1.29 is 14.8 Å². The Labute approximate surface area is 100 Å². The minimum absolute atomic E-state index is 0.0527. The van der Waals surface area contributed by atoms with Gasteiger partial charge in [-0.05, 0) is 12.0 Å². The smallest absolute Gasteiger partial charge is 0.303 e. The monoisotopic (exact) mass is 287 g/mol. The Bertz CT molecular complexity index is 433. The summed E-state index contributed by atoms with van der Waals surface area (Å²) in [5, 5.41) is 19.5. The van der Waals surface area contributed by atoms with Crippen LogP contribution >= 0.6 is 15.9 Å². The van der Waals surface area contributed by atoms with Crippen molar-refractivity contribution >= 4 is 27.6 Å². The second-order valence-corrected chi connectivity index (χ2v) is 4.37. The molecule has 1 rings (SSSR count). The molecule has 0 fully saturated rings. The number of hydrogen-bond acceptors (Lipinski definition) is 3. The van der Waals surface area contributed by atoms with Gasteiger partial charge in [0.2, 0.25) is 0 Å². The average molecular weight is 288 g/mol. The Morgan fingerprint density at radius 1 is 1.62 bits per heavy atom. The van der Waals surface area contributed by atoms with E-state index >= 15 is 0 Å². The first-order valence-electron chi connectivity index (χ1n) is 4.57. The van der Waals surface area contributed by atoms with E-state index in [1.54, 1.807) is 19.1 Å². The molecule has 0 aliphatic rings. The van der Waals surface area contributed by atoms with Gasteiger partial charge in [0.05, 0.1) is 11.3 Å². The number of benzene rings is 1. The highest BCUT2D eigenvalue weighted by Crippen LogP contribution is 2.31. The molecule has 1 aromatic carbocycles. The number of halogens is 1. The molecule has 86 valence electrons. The Morgan fingerprint density at radius 2 is 2.25 bits per heavy atom. The Hall–Kier alpha value is -1.43. The summed E-state index contributed by atoms with van der Waals surface area (Å²) in [5.74, 6) is -1.35. The van der Waals surface area contributed by atoms with E-state index in [0.717, 1.165) is 0 Å². The first-order valence-corrected chi connectivity index (χ1v) is 5.36. The van der Waals surface area contributed by atoms with E-state index in [2.05, 4.69) is 15.9 Å². The van der Waals surface area contributed by atoms with Crippen molar-refractivity contribution in [3.8, 4) is 0 Å². The third kappa shape index (κ3) is 3.03. The number of carboxylic acid groups (broad SMARTS) is 1. The Kier molecular flexibility index (Phi) is 4.00. The highest BCUT2D eigenvalue weighted by Gasteiger charge is 2.20. The summed E-state index contributed by atoms with van der Waals surface area (Å²) in [5.41, 5.74) is 0.388. The lowest BCUT2D eigenvalue weighted by molar-refractivity contribution is -0.385. The highest BCUT2D eigenvalue weighted by atomic mass is 79.9. The molecule has 0 heterocycles. The molecule has 0 radical (unpaired) electrons. The van der Waals surface area contributed by atoms with Crippen LogP contribution in [0.1, 0.15) is 24.8 Å². The lowest BCUT2D eigenvalue weighted by Gasteiger charge is -2.09. The zero-order valence-electron chi connectivity index (χ0n) is 8.51. The molecule has 0 aliphatic heterocycles. The van der Waals surface area contributed by atoms with Crippen LogP contribution in [-0.4, -0.2) is 16.0 Å². The molecule has 16 heavy (non-hydrogen) atoms. The van der Waals surface area contributed by atoms with Crippen molar-refractivity contribution in [3.63, 3.8) is 0 Å². The van der Waals surface area contributed by atoms with Crippen molar-refractivity contribution in [1.82, 2.24) is 0 Å². The maximum absolute atomic E-state index is 10.8. The fourth-order valence-electron chi connectivity index (χ4n) is 1.46. The van der Waals surface area contributed by atoms with Crippen LogP contribution < -0.4 is 0 Å². The van der Waals surface area contributed by atoms with Gasteiger partial charge in [0.1, 0.15) is 0 Å². The molecule has 0 aliphatic carbocycles. The summed E-state index contributed by atoms with van der Waals surface area (Å²) in [6.07, 6.45) is -0.123. The van der Waals surface area contributed by atoms with Gasteiger partial charge in [0, 0.05) is 16.1 Å². The fourth-order valence-corrected chi connectivity index (χ4v) is 1.81. The first kappa shape index (κ1) is 12.6. The molecular formula is C10H10BrNO4. The lowest BCUT2D eigenvalue weighted by Crippen LogP contribution is -2.05. The molecule has 0 amide bonds. The van der Waals surface area contributed by atoms with E-state index in [9.17, 15) is 14.9 Å². The quantitative estimate of drug-likeness (QED) is 0.682. The van der Waals surface area contributed by atoms with E-state index in [1.807, 2.05) is 0 Å². The lowest BCUT2D eigenvalue weighted by atomic mass is 9.96. The molecule has 1 aromatic rings. The van der Waals surface area contributed by atoms with Gasteiger partial charge < -0.3 is 5.11 Å². The third-order valence-electron chi connectivity index (χ3n) is 2.20. The number of rotatable bonds is 4. The molecule has 0 aromatic heterocycles. The third-order valence-corrected chi connectivity index (χ3v) is 2.69. The molecule has 5 nitrogen and oxygen atoms in total. The summed E-state index contributed by atoms with van der Waals surface area (Å²) in [7, 11) is 0. The zero-order valence-corrected chi connectivity index (χ0v) is 10.1. The van der Waals surface area contributed by atoms with Crippen LogP contribution in [0.25, 0.3) is 0 Å². The van der Waals surface area contributed by atoms with Crippen molar-refractivity contribution in [2.75, 3.05) is 0 Å². The standard InChI is InChI=1S/C10H10BrNO4/c1-6(4-10(13)14)8-3-2-7(11)5-9(8)12(15)16/h2-3,5-6H,4H2,1H3,(H,13,14). The van der Waals surface area contributed by atoms with Gasteiger partial charge >= 0.3 is 5.97 Å². The van der Waals surface area contributed by atoms with Crippen molar-refractivity contribution in [3.05, 3.63) is 38.3 Å². The minimum Gasteiger partial charge on any atom is -0.481 e. The van der Waals surface area contributed by atoms with E-state index in [-0.39, 0.29) is 18.0 Å². The summed E-state index contributed by atoms with van der Waals surface area (Å²) in [6.45, 7) is 1.66. The number of nitrogens with zero attached hydrogens (tertiary/aromatic N) is 1. The van der Waals surface area contributed by atoms with Gasteiger partial charge in [0.25, 0.3) is 5.69 Å². The highest BCUT2D eigenvalue weighted by molar-refractivity contribution is 9.10. The molecule has 0 bridgehead atoms. The van der Waals surface area contributed by atoms with Crippen molar-refractivity contribution in [1.29, 1.82) is 0 Å². The van der Waals surface area contributed by atoms with Crippen LogP contribution in [0.2, 0.25) is 0 Å². The predicted molar refractivity (Wildman–Crippen MR) is 61.5 cm³/mol. The molecule has 0 saturated carbocycles. The van der Waals surface area contributed by atoms with Crippen LogP contribution in [0.5, 0.6) is 0 Å². The number of nitro groups is 1.